The first-order valence-electron chi connectivity index (χ1n) is 7.30. The highest BCUT2D eigenvalue weighted by atomic mass is 35.5. The number of pyridine rings is 1. The van der Waals surface area contributed by atoms with Gasteiger partial charge in [0, 0.05) is 37.1 Å². The maximum absolute atomic E-state index is 12.2. The van der Waals surface area contributed by atoms with E-state index in [2.05, 4.69) is 5.32 Å². The van der Waals surface area contributed by atoms with Crippen molar-refractivity contribution in [1.82, 2.24) is 8.87 Å². The van der Waals surface area contributed by atoms with E-state index in [0.29, 0.717) is 10.7 Å². The molecule has 0 radical (unpaired) electrons. The maximum atomic E-state index is 12.2. The standard InChI is InChI=1S/C16H18ClN3O4S/c1-11-4-5-12(8-14(11)17)18-15(21)10-20-9-13(6-7-16(20)22)25(23,24)19(2)3/h4-9H,10H2,1-3H3,(H,18,21). The number of carbonyl (C=O) groups is 1. The number of benzene rings is 1. The van der Waals surface area contributed by atoms with Crippen molar-refractivity contribution in [2.75, 3.05) is 19.4 Å². The molecule has 7 nitrogen and oxygen atoms in total. The van der Waals surface area contributed by atoms with Gasteiger partial charge in [-0.05, 0) is 30.7 Å². The largest absolute Gasteiger partial charge is 0.324 e. The van der Waals surface area contributed by atoms with E-state index in [0.717, 1.165) is 26.7 Å². The number of sulfonamides is 1. The molecule has 1 amide bonds. The number of nitrogens with one attached hydrogen (secondary N) is 1. The SMILES string of the molecule is Cc1ccc(NC(=O)Cn2cc(S(=O)(=O)N(C)C)ccc2=O)cc1Cl. The highest BCUT2D eigenvalue weighted by Crippen LogP contribution is 2.20. The molecular formula is C16H18ClN3O4S. The van der Waals surface area contributed by atoms with Crippen LogP contribution < -0.4 is 10.9 Å². The number of hydrogen-bond donors (Lipinski definition) is 1. The topological polar surface area (TPSA) is 88.5 Å². The van der Waals surface area contributed by atoms with E-state index < -0.39 is 21.5 Å². The minimum Gasteiger partial charge on any atom is -0.324 e. The average Bonchev–Trinajstić information content (AvgIpc) is 2.52. The Morgan fingerprint density at radius 1 is 1.24 bits per heavy atom. The summed E-state index contributed by atoms with van der Waals surface area (Å²) in [5.74, 6) is -0.471. The Kier molecular flexibility index (Phi) is 5.66. The zero-order valence-corrected chi connectivity index (χ0v) is 15.6. The number of rotatable bonds is 5. The van der Waals surface area contributed by atoms with Crippen LogP contribution >= 0.6 is 11.6 Å². The lowest BCUT2D eigenvalue weighted by Gasteiger charge is -2.13. The van der Waals surface area contributed by atoms with Gasteiger partial charge in [0.05, 0.1) is 4.90 Å². The van der Waals surface area contributed by atoms with Crippen molar-refractivity contribution in [2.24, 2.45) is 0 Å². The van der Waals surface area contributed by atoms with Crippen molar-refractivity contribution in [3.63, 3.8) is 0 Å². The molecule has 1 aromatic heterocycles. The third-order valence-electron chi connectivity index (χ3n) is 3.50. The van der Waals surface area contributed by atoms with Gasteiger partial charge >= 0.3 is 0 Å². The van der Waals surface area contributed by atoms with Crippen LogP contribution in [0.4, 0.5) is 5.69 Å². The van der Waals surface area contributed by atoms with Crippen molar-refractivity contribution < 1.29 is 13.2 Å². The Bertz CT molecular complexity index is 968. The smallest absolute Gasteiger partial charge is 0.251 e. The molecule has 0 spiro atoms. The predicted octanol–water partition coefficient (Wildman–Crippen LogP) is 1.70. The van der Waals surface area contributed by atoms with Crippen LogP contribution in [-0.2, 0) is 21.4 Å². The van der Waals surface area contributed by atoms with Crippen LogP contribution in [0.25, 0.3) is 0 Å². The van der Waals surface area contributed by atoms with Gasteiger partial charge in [-0.2, -0.15) is 0 Å². The second-order valence-corrected chi connectivity index (χ2v) is 8.19. The van der Waals surface area contributed by atoms with Crippen LogP contribution in [-0.4, -0.2) is 37.3 Å². The van der Waals surface area contributed by atoms with E-state index in [1.54, 1.807) is 18.2 Å². The van der Waals surface area contributed by atoms with Crippen molar-refractivity contribution in [3.8, 4) is 0 Å². The van der Waals surface area contributed by atoms with Crippen LogP contribution in [0.5, 0.6) is 0 Å². The second kappa shape index (κ2) is 7.38. The monoisotopic (exact) mass is 383 g/mol. The van der Waals surface area contributed by atoms with E-state index in [-0.39, 0.29) is 11.4 Å². The number of nitrogens with zero attached hydrogens (tertiary/aromatic N) is 2. The highest BCUT2D eigenvalue weighted by Gasteiger charge is 2.18. The quantitative estimate of drug-likeness (QED) is 0.851. The van der Waals surface area contributed by atoms with E-state index in [4.69, 9.17) is 11.6 Å². The molecule has 1 heterocycles. The van der Waals surface area contributed by atoms with Crippen molar-refractivity contribution in [1.29, 1.82) is 0 Å². The van der Waals surface area contributed by atoms with Crippen LogP contribution in [0.15, 0.2) is 46.2 Å². The van der Waals surface area contributed by atoms with Gasteiger partial charge in [0.15, 0.2) is 0 Å². The molecule has 0 aliphatic carbocycles. The Hall–Kier alpha value is -2.16. The molecule has 2 aromatic rings. The third kappa shape index (κ3) is 4.47. The molecule has 1 N–H and O–H groups in total. The summed E-state index contributed by atoms with van der Waals surface area (Å²) in [5, 5.41) is 3.13. The first-order valence-corrected chi connectivity index (χ1v) is 9.12. The Balaban J connectivity index is 2.23. The lowest BCUT2D eigenvalue weighted by Crippen LogP contribution is -2.29. The van der Waals surface area contributed by atoms with E-state index >= 15 is 0 Å². The summed E-state index contributed by atoms with van der Waals surface area (Å²) in [6, 6.07) is 7.38. The molecule has 0 bridgehead atoms. The van der Waals surface area contributed by atoms with Gasteiger partial charge in [0.25, 0.3) is 5.56 Å². The molecule has 9 heteroatoms. The minimum atomic E-state index is -3.70. The molecule has 1 aromatic carbocycles. The lowest BCUT2D eigenvalue weighted by atomic mass is 10.2. The Morgan fingerprint density at radius 3 is 2.52 bits per heavy atom. The van der Waals surface area contributed by atoms with Crippen molar-refractivity contribution in [2.45, 2.75) is 18.4 Å². The Morgan fingerprint density at radius 2 is 1.92 bits per heavy atom. The number of halogens is 1. The predicted molar refractivity (Wildman–Crippen MR) is 96.4 cm³/mol. The Labute approximate surface area is 150 Å². The first-order chi connectivity index (χ1) is 11.6. The van der Waals surface area contributed by atoms with E-state index in [1.807, 2.05) is 6.92 Å². The molecule has 134 valence electrons. The van der Waals surface area contributed by atoms with Gasteiger partial charge in [0.1, 0.15) is 6.54 Å². The number of anilines is 1. The van der Waals surface area contributed by atoms with Gasteiger partial charge in [-0.25, -0.2) is 12.7 Å². The third-order valence-corrected chi connectivity index (χ3v) is 5.71. The molecule has 0 saturated heterocycles. The highest BCUT2D eigenvalue weighted by molar-refractivity contribution is 7.89. The number of aryl methyl sites for hydroxylation is 1. The summed E-state index contributed by atoms with van der Waals surface area (Å²) in [7, 11) is -0.922. The van der Waals surface area contributed by atoms with Crippen LogP contribution in [0.2, 0.25) is 5.02 Å². The average molecular weight is 384 g/mol. The molecule has 2 rings (SSSR count). The number of amides is 1. The first kappa shape index (κ1) is 19.2. The molecular weight excluding hydrogens is 366 g/mol. The zero-order chi connectivity index (χ0) is 18.8. The molecule has 25 heavy (non-hydrogen) atoms. The number of aromatic nitrogens is 1. The van der Waals surface area contributed by atoms with Crippen LogP contribution in [0.3, 0.4) is 0 Å². The van der Waals surface area contributed by atoms with Crippen molar-refractivity contribution in [3.05, 3.63) is 57.5 Å². The fourth-order valence-electron chi connectivity index (χ4n) is 2.02. The van der Waals surface area contributed by atoms with Crippen LogP contribution in [0, 0.1) is 6.92 Å². The molecule has 0 aliphatic rings. The summed E-state index contributed by atoms with van der Waals surface area (Å²) in [5.41, 5.74) is 0.887. The van der Waals surface area contributed by atoms with Crippen LogP contribution in [0.1, 0.15) is 5.56 Å². The minimum absolute atomic E-state index is 0.0664. The molecule has 0 unspecified atom stereocenters. The normalized spacial score (nSPS) is 11.6. The molecule has 0 fully saturated rings. The number of carbonyl (C=O) groups excluding carboxylic acids is 1. The van der Waals surface area contributed by atoms with E-state index in [1.165, 1.54) is 20.2 Å². The zero-order valence-electron chi connectivity index (χ0n) is 14.0. The summed E-state index contributed by atoms with van der Waals surface area (Å²) in [6.07, 6.45) is 1.15. The van der Waals surface area contributed by atoms with Gasteiger partial charge in [0.2, 0.25) is 15.9 Å². The van der Waals surface area contributed by atoms with Gasteiger partial charge in [-0.3, -0.25) is 9.59 Å². The van der Waals surface area contributed by atoms with E-state index in [9.17, 15) is 18.0 Å². The molecule has 0 aliphatic heterocycles. The fourth-order valence-corrected chi connectivity index (χ4v) is 3.12. The van der Waals surface area contributed by atoms with Gasteiger partial charge in [-0.1, -0.05) is 17.7 Å². The summed E-state index contributed by atoms with van der Waals surface area (Å²) in [4.78, 5) is 24.0. The summed E-state index contributed by atoms with van der Waals surface area (Å²) >= 11 is 6.01. The number of hydrogen-bond acceptors (Lipinski definition) is 4. The van der Waals surface area contributed by atoms with Gasteiger partial charge in [-0.15, -0.1) is 0 Å². The molecule has 0 atom stereocenters. The lowest BCUT2D eigenvalue weighted by molar-refractivity contribution is -0.116. The fraction of sp³-hybridized carbons (Fsp3) is 0.250. The van der Waals surface area contributed by atoms with Gasteiger partial charge < -0.3 is 9.88 Å². The molecule has 0 saturated carbocycles. The second-order valence-electron chi connectivity index (χ2n) is 5.63. The van der Waals surface area contributed by atoms with Crippen molar-refractivity contribution >= 4 is 33.2 Å². The summed E-state index contributed by atoms with van der Waals surface area (Å²) in [6.45, 7) is 1.52. The summed E-state index contributed by atoms with van der Waals surface area (Å²) < 4.78 is 26.4. The maximum Gasteiger partial charge on any atom is 0.251 e.